The molecule has 0 aromatic heterocycles. The van der Waals surface area contributed by atoms with E-state index in [1.165, 1.54) is 30.5 Å². The predicted octanol–water partition coefficient (Wildman–Crippen LogP) is 3.66. The molecule has 2 aromatic carbocycles. The maximum Gasteiger partial charge on any atom is 0.277 e. The van der Waals surface area contributed by atoms with E-state index in [1.54, 1.807) is 18.2 Å². The number of nitrogens with one attached hydrogen (secondary N) is 1. The van der Waals surface area contributed by atoms with Crippen molar-refractivity contribution in [2.24, 2.45) is 5.10 Å². The second-order valence-electron chi connectivity index (χ2n) is 4.18. The summed E-state index contributed by atoms with van der Waals surface area (Å²) in [7, 11) is 0. The molecule has 2 aromatic rings. The highest BCUT2D eigenvalue weighted by atomic mass is 35.5. The molecule has 0 radical (unpaired) electrons. The van der Waals surface area contributed by atoms with Crippen molar-refractivity contribution in [2.45, 2.75) is 0 Å². The van der Waals surface area contributed by atoms with Gasteiger partial charge in [0.15, 0.2) is 6.61 Å². The molecule has 0 aliphatic carbocycles. The number of hydrogen-bond donors (Lipinski definition) is 1. The normalized spacial score (nSPS) is 10.7. The van der Waals surface area contributed by atoms with Crippen LogP contribution in [-0.4, -0.2) is 18.7 Å². The molecule has 4 nitrogen and oxygen atoms in total. The van der Waals surface area contributed by atoms with Gasteiger partial charge in [0.05, 0.1) is 16.3 Å². The molecule has 114 valence electrons. The topological polar surface area (TPSA) is 50.7 Å². The summed E-state index contributed by atoms with van der Waals surface area (Å²) in [6.45, 7) is -0.244. The summed E-state index contributed by atoms with van der Waals surface area (Å²) in [5, 5.41) is 4.51. The van der Waals surface area contributed by atoms with E-state index in [9.17, 15) is 9.18 Å². The summed E-state index contributed by atoms with van der Waals surface area (Å²) in [6, 6.07) is 10.4. The summed E-state index contributed by atoms with van der Waals surface area (Å²) in [6.07, 6.45) is 1.38. The molecule has 0 fully saturated rings. The van der Waals surface area contributed by atoms with Gasteiger partial charge in [-0.05, 0) is 30.3 Å². The minimum atomic E-state index is -0.460. The minimum absolute atomic E-state index is 0.244. The number of hydrogen-bond acceptors (Lipinski definition) is 3. The van der Waals surface area contributed by atoms with E-state index >= 15 is 0 Å². The lowest BCUT2D eigenvalue weighted by molar-refractivity contribution is -0.123. The van der Waals surface area contributed by atoms with Gasteiger partial charge in [-0.3, -0.25) is 4.79 Å². The van der Waals surface area contributed by atoms with Crippen LogP contribution in [0.1, 0.15) is 5.56 Å². The number of benzene rings is 2. The fourth-order valence-corrected chi connectivity index (χ4v) is 1.86. The first-order valence-corrected chi connectivity index (χ1v) is 6.96. The number of carbonyl (C=O) groups excluding carboxylic acids is 1. The third-order valence-electron chi connectivity index (χ3n) is 2.56. The Labute approximate surface area is 136 Å². The van der Waals surface area contributed by atoms with Crippen LogP contribution in [0, 0.1) is 5.82 Å². The number of carbonyl (C=O) groups is 1. The lowest BCUT2D eigenvalue weighted by Crippen LogP contribution is -2.24. The van der Waals surface area contributed by atoms with Crippen LogP contribution < -0.4 is 10.2 Å². The molecule has 0 atom stereocenters. The third kappa shape index (κ3) is 4.72. The van der Waals surface area contributed by atoms with E-state index in [4.69, 9.17) is 27.9 Å². The standard InChI is InChI=1S/C15H11Cl2FN2O2/c16-13-3-1-2-10(15(13)17)8-19-20-14(21)9-22-12-6-4-11(18)5-7-12/h1-8H,9H2,(H,20,21)/b19-8+. The lowest BCUT2D eigenvalue weighted by atomic mass is 10.2. The zero-order valence-corrected chi connectivity index (χ0v) is 12.7. The Kier molecular flexibility index (Phi) is 5.75. The quantitative estimate of drug-likeness (QED) is 0.667. The number of rotatable bonds is 5. The molecule has 2 rings (SSSR count). The number of nitrogens with zero attached hydrogens (tertiary/aromatic N) is 1. The maximum absolute atomic E-state index is 12.7. The molecule has 0 aliphatic rings. The number of amides is 1. The van der Waals surface area contributed by atoms with Gasteiger partial charge in [-0.2, -0.15) is 5.10 Å². The summed E-state index contributed by atoms with van der Waals surface area (Å²) in [4.78, 5) is 11.5. The molecule has 0 saturated carbocycles. The van der Waals surface area contributed by atoms with Crippen LogP contribution >= 0.6 is 23.2 Å². The Balaban J connectivity index is 1.83. The molecule has 0 heterocycles. The summed E-state index contributed by atoms with van der Waals surface area (Å²) < 4.78 is 17.9. The van der Waals surface area contributed by atoms with Crippen LogP contribution in [0.15, 0.2) is 47.6 Å². The van der Waals surface area contributed by atoms with Crippen molar-refractivity contribution in [1.29, 1.82) is 0 Å². The Hall–Kier alpha value is -2.11. The number of halogens is 3. The van der Waals surface area contributed by atoms with Crippen LogP contribution in [0.4, 0.5) is 4.39 Å². The number of ether oxygens (including phenoxy) is 1. The minimum Gasteiger partial charge on any atom is -0.484 e. The Morgan fingerprint density at radius 3 is 2.68 bits per heavy atom. The first kappa shape index (κ1) is 16.3. The van der Waals surface area contributed by atoms with E-state index in [2.05, 4.69) is 10.5 Å². The molecule has 0 bridgehead atoms. The Bertz CT molecular complexity index is 690. The summed E-state index contributed by atoms with van der Waals surface area (Å²) in [5.41, 5.74) is 2.87. The van der Waals surface area contributed by atoms with Gasteiger partial charge in [-0.25, -0.2) is 9.82 Å². The van der Waals surface area contributed by atoms with Crippen LogP contribution in [0.25, 0.3) is 0 Å². The van der Waals surface area contributed by atoms with Gasteiger partial charge in [0, 0.05) is 5.56 Å². The van der Waals surface area contributed by atoms with Crippen molar-refractivity contribution in [3.05, 3.63) is 63.9 Å². The van der Waals surface area contributed by atoms with Gasteiger partial charge in [-0.15, -0.1) is 0 Å². The van der Waals surface area contributed by atoms with Crippen molar-refractivity contribution in [3.63, 3.8) is 0 Å². The number of hydrazone groups is 1. The van der Waals surface area contributed by atoms with Gasteiger partial charge in [0.1, 0.15) is 11.6 Å². The monoisotopic (exact) mass is 340 g/mol. The van der Waals surface area contributed by atoms with Crippen molar-refractivity contribution in [1.82, 2.24) is 5.43 Å². The highest BCUT2D eigenvalue weighted by Crippen LogP contribution is 2.24. The lowest BCUT2D eigenvalue weighted by Gasteiger charge is -2.04. The highest BCUT2D eigenvalue weighted by Gasteiger charge is 2.03. The summed E-state index contributed by atoms with van der Waals surface area (Å²) >= 11 is 11.8. The second-order valence-corrected chi connectivity index (χ2v) is 4.96. The van der Waals surface area contributed by atoms with Crippen molar-refractivity contribution < 1.29 is 13.9 Å². The first-order valence-electron chi connectivity index (χ1n) is 6.20. The Morgan fingerprint density at radius 1 is 1.23 bits per heavy atom. The fourth-order valence-electron chi connectivity index (χ4n) is 1.51. The molecule has 0 spiro atoms. The first-order chi connectivity index (χ1) is 10.6. The Morgan fingerprint density at radius 2 is 1.95 bits per heavy atom. The van der Waals surface area contributed by atoms with Gasteiger partial charge < -0.3 is 4.74 Å². The largest absolute Gasteiger partial charge is 0.484 e. The predicted molar refractivity (Wildman–Crippen MR) is 84.1 cm³/mol. The summed E-state index contributed by atoms with van der Waals surface area (Å²) in [5.74, 6) is -0.447. The van der Waals surface area contributed by atoms with Crippen LogP contribution in [-0.2, 0) is 4.79 Å². The van der Waals surface area contributed by atoms with Gasteiger partial charge in [-0.1, -0.05) is 35.3 Å². The smallest absolute Gasteiger partial charge is 0.277 e. The molecular formula is C15H11Cl2FN2O2. The zero-order chi connectivity index (χ0) is 15.9. The fraction of sp³-hybridized carbons (Fsp3) is 0.0667. The van der Waals surface area contributed by atoms with Crippen LogP contribution in [0.5, 0.6) is 5.75 Å². The van der Waals surface area contributed by atoms with Crippen molar-refractivity contribution in [3.8, 4) is 5.75 Å². The molecule has 0 aliphatic heterocycles. The van der Waals surface area contributed by atoms with E-state index in [1.807, 2.05) is 0 Å². The van der Waals surface area contributed by atoms with Crippen LogP contribution in [0.2, 0.25) is 10.0 Å². The highest BCUT2D eigenvalue weighted by molar-refractivity contribution is 6.43. The average Bonchev–Trinajstić information content (AvgIpc) is 2.51. The van der Waals surface area contributed by atoms with Gasteiger partial charge >= 0.3 is 0 Å². The van der Waals surface area contributed by atoms with E-state index in [0.717, 1.165) is 0 Å². The van der Waals surface area contributed by atoms with Crippen molar-refractivity contribution >= 4 is 35.3 Å². The molecule has 1 amide bonds. The maximum atomic E-state index is 12.7. The molecule has 7 heteroatoms. The SMILES string of the molecule is O=C(COc1ccc(F)cc1)N/N=C/c1cccc(Cl)c1Cl. The third-order valence-corrected chi connectivity index (χ3v) is 3.39. The van der Waals surface area contributed by atoms with E-state index in [0.29, 0.717) is 21.4 Å². The van der Waals surface area contributed by atoms with Crippen LogP contribution in [0.3, 0.4) is 0 Å². The van der Waals surface area contributed by atoms with E-state index in [-0.39, 0.29) is 12.4 Å². The van der Waals surface area contributed by atoms with Gasteiger partial charge in [0.2, 0.25) is 0 Å². The van der Waals surface area contributed by atoms with Crippen molar-refractivity contribution in [2.75, 3.05) is 6.61 Å². The second kappa shape index (κ2) is 7.77. The van der Waals surface area contributed by atoms with E-state index < -0.39 is 5.91 Å². The molecule has 22 heavy (non-hydrogen) atoms. The van der Waals surface area contributed by atoms with Gasteiger partial charge in [0.25, 0.3) is 5.91 Å². The molecular weight excluding hydrogens is 330 g/mol. The molecule has 0 unspecified atom stereocenters. The molecule has 0 saturated heterocycles. The molecule has 1 N–H and O–H groups in total. The zero-order valence-electron chi connectivity index (χ0n) is 11.2. The average molecular weight is 341 g/mol.